The van der Waals surface area contributed by atoms with E-state index in [1.165, 1.54) is 0 Å². The number of carbonyl (C=O) groups is 2. The van der Waals surface area contributed by atoms with Crippen LogP contribution in [0.4, 0.5) is 10.5 Å². The van der Waals surface area contributed by atoms with Gasteiger partial charge in [0, 0.05) is 41.3 Å². The van der Waals surface area contributed by atoms with Crippen molar-refractivity contribution in [3.8, 4) is 0 Å². The monoisotopic (exact) mass is 585 g/mol. The van der Waals surface area contributed by atoms with Crippen LogP contribution in [0.3, 0.4) is 0 Å². The summed E-state index contributed by atoms with van der Waals surface area (Å²) in [5.41, 5.74) is 2.30. The smallest absolute Gasteiger partial charge is 0.320 e. The molecule has 0 bridgehead atoms. The lowest BCUT2D eigenvalue weighted by Gasteiger charge is -2.53. The highest BCUT2D eigenvalue weighted by Gasteiger charge is 2.63. The predicted octanol–water partition coefficient (Wildman–Crippen LogP) is 7.02. The second-order valence-corrected chi connectivity index (χ2v) is 11.8. The van der Waals surface area contributed by atoms with Crippen LogP contribution in [0.2, 0.25) is 10.0 Å². The molecule has 2 saturated heterocycles. The van der Waals surface area contributed by atoms with Crippen molar-refractivity contribution in [2.24, 2.45) is 0 Å². The van der Waals surface area contributed by atoms with E-state index in [4.69, 9.17) is 27.9 Å². The van der Waals surface area contributed by atoms with E-state index < -0.39 is 11.5 Å². The van der Waals surface area contributed by atoms with Crippen molar-refractivity contribution in [3.05, 3.63) is 112 Å². The van der Waals surface area contributed by atoms with Crippen molar-refractivity contribution in [2.75, 3.05) is 38.2 Å². The van der Waals surface area contributed by atoms with Crippen molar-refractivity contribution < 1.29 is 14.3 Å². The summed E-state index contributed by atoms with van der Waals surface area (Å²) in [6.07, 6.45) is 0.590. The van der Waals surface area contributed by atoms with Gasteiger partial charge < -0.3 is 19.9 Å². The fraction of sp³-hybridized carbons (Fsp3) is 0.273. The summed E-state index contributed by atoms with van der Waals surface area (Å²) < 4.78 is 5.56. The molecule has 1 N–H and O–H groups in total. The van der Waals surface area contributed by atoms with Crippen LogP contribution in [0.5, 0.6) is 0 Å². The lowest BCUT2D eigenvalue weighted by atomic mass is 9.58. The van der Waals surface area contributed by atoms with E-state index in [1.807, 2.05) is 70.5 Å². The van der Waals surface area contributed by atoms with Crippen LogP contribution in [0.1, 0.15) is 35.1 Å². The minimum atomic E-state index is -1.13. The fourth-order valence-electron chi connectivity index (χ4n) is 7.20. The van der Waals surface area contributed by atoms with Crippen LogP contribution >= 0.6 is 23.2 Å². The van der Waals surface area contributed by atoms with E-state index in [2.05, 4.69) is 29.6 Å². The van der Waals surface area contributed by atoms with E-state index in [-0.39, 0.29) is 17.9 Å². The van der Waals surface area contributed by atoms with Gasteiger partial charge in [-0.25, -0.2) is 4.79 Å². The molecule has 208 valence electrons. The molecule has 3 heterocycles. The minimum Gasteiger partial charge on any atom is -0.378 e. The molecule has 0 radical (unpaired) electrons. The lowest BCUT2D eigenvalue weighted by Crippen LogP contribution is -2.60. The van der Waals surface area contributed by atoms with Gasteiger partial charge in [-0.05, 0) is 58.1 Å². The fourth-order valence-corrected chi connectivity index (χ4v) is 7.58. The van der Waals surface area contributed by atoms with Gasteiger partial charge >= 0.3 is 6.03 Å². The molecule has 8 heteroatoms. The zero-order chi connectivity index (χ0) is 28.1. The van der Waals surface area contributed by atoms with Crippen LogP contribution in [-0.4, -0.2) is 54.6 Å². The van der Waals surface area contributed by atoms with Crippen LogP contribution in [-0.2, 0) is 14.9 Å². The van der Waals surface area contributed by atoms with Gasteiger partial charge in [0.1, 0.15) is 5.41 Å². The molecule has 1 spiro atoms. The third-order valence-corrected chi connectivity index (χ3v) is 9.37. The van der Waals surface area contributed by atoms with Crippen LogP contribution in [0, 0.1) is 0 Å². The Hall–Kier alpha value is -3.58. The first kappa shape index (κ1) is 26.3. The van der Waals surface area contributed by atoms with Crippen molar-refractivity contribution in [1.29, 1.82) is 0 Å². The maximum Gasteiger partial charge on any atom is 0.320 e. The molecule has 41 heavy (non-hydrogen) atoms. The first-order chi connectivity index (χ1) is 20.0. The molecule has 3 atom stereocenters. The number of anilines is 1. The number of ether oxygens (including phenoxy) is 1. The molecule has 0 aromatic heterocycles. The van der Waals surface area contributed by atoms with Gasteiger partial charge in [0.05, 0.1) is 19.3 Å². The second-order valence-electron chi connectivity index (χ2n) is 11.0. The van der Waals surface area contributed by atoms with Gasteiger partial charge in [0.25, 0.3) is 0 Å². The standard InChI is InChI=1S/C33H29Cl2N3O3/c34-23-8-3-7-22(19-23)27-13-14-38(32(40)37-15-17-41-18-16-37)30(26-10-4-6-21-5-1-2-9-25(21)26)33(27)28-12-11-24(35)20-29(28)36-31(33)39/h1-12,19-20,27,30H,13-18H2,(H,36,39)/t27-,30+,33+/m0/s1. The Balaban J connectivity index is 1.53. The summed E-state index contributed by atoms with van der Waals surface area (Å²) in [7, 11) is 0. The third-order valence-electron chi connectivity index (χ3n) is 8.90. The number of nitrogens with zero attached hydrogens (tertiary/aromatic N) is 2. The van der Waals surface area contributed by atoms with Crippen molar-refractivity contribution >= 4 is 51.6 Å². The Bertz CT molecular complexity index is 1670. The van der Waals surface area contributed by atoms with Crippen LogP contribution in [0.15, 0.2) is 84.9 Å². The number of likely N-dealkylation sites (tertiary alicyclic amines) is 1. The predicted molar refractivity (Wildman–Crippen MR) is 162 cm³/mol. The number of halogens is 2. The summed E-state index contributed by atoms with van der Waals surface area (Å²) >= 11 is 13.0. The van der Waals surface area contributed by atoms with Gasteiger partial charge in [0.2, 0.25) is 5.91 Å². The van der Waals surface area contributed by atoms with Crippen LogP contribution in [0.25, 0.3) is 10.8 Å². The zero-order valence-corrected chi connectivity index (χ0v) is 23.9. The molecule has 3 aliphatic rings. The number of amides is 3. The van der Waals surface area contributed by atoms with E-state index >= 15 is 0 Å². The number of hydrogen-bond acceptors (Lipinski definition) is 3. The summed E-state index contributed by atoms with van der Waals surface area (Å²) in [5.74, 6) is -0.390. The van der Waals surface area contributed by atoms with E-state index in [9.17, 15) is 9.59 Å². The Morgan fingerprint density at radius 2 is 1.63 bits per heavy atom. The van der Waals surface area contributed by atoms with Crippen molar-refractivity contribution in [1.82, 2.24) is 9.80 Å². The van der Waals surface area contributed by atoms with Gasteiger partial charge in [0.15, 0.2) is 0 Å². The summed E-state index contributed by atoms with van der Waals surface area (Å²) in [4.78, 5) is 32.9. The summed E-state index contributed by atoms with van der Waals surface area (Å²) in [5, 5.41) is 6.39. The molecule has 4 aromatic rings. The highest BCUT2D eigenvalue weighted by atomic mass is 35.5. The molecule has 3 amide bonds. The number of hydrogen-bond donors (Lipinski definition) is 1. The number of morpholine rings is 1. The number of benzene rings is 4. The average molecular weight is 587 g/mol. The number of piperidine rings is 1. The molecular weight excluding hydrogens is 557 g/mol. The molecule has 6 nitrogen and oxygen atoms in total. The van der Waals surface area contributed by atoms with Gasteiger partial charge in [-0.1, -0.05) is 83.9 Å². The summed E-state index contributed by atoms with van der Waals surface area (Å²) in [6, 6.07) is 27.0. The van der Waals surface area contributed by atoms with E-state index in [0.29, 0.717) is 55.0 Å². The molecule has 4 aromatic carbocycles. The number of carbonyl (C=O) groups excluding carboxylic acids is 2. The van der Waals surface area contributed by atoms with Gasteiger partial charge in [-0.3, -0.25) is 4.79 Å². The number of rotatable bonds is 2. The van der Waals surface area contributed by atoms with Crippen molar-refractivity contribution in [3.63, 3.8) is 0 Å². The quantitative estimate of drug-likeness (QED) is 0.275. The molecule has 0 aliphatic carbocycles. The minimum absolute atomic E-state index is 0.0784. The summed E-state index contributed by atoms with van der Waals surface area (Å²) in [6.45, 7) is 2.51. The van der Waals surface area contributed by atoms with Crippen LogP contribution < -0.4 is 5.32 Å². The van der Waals surface area contributed by atoms with E-state index in [0.717, 1.165) is 27.5 Å². The lowest BCUT2D eigenvalue weighted by molar-refractivity contribution is -0.126. The number of fused-ring (bicyclic) bond motifs is 3. The largest absolute Gasteiger partial charge is 0.378 e. The van der Waals surface area contributed by atoms with Crippen molar-refractivity contribution in [2.45, 2.75) is 23.8 Å². The Labute approximate surface area is 248 Å². The maximum absolute atomic E-state index is 14.7. The first-order valence-corrected chi connectivity index (χ1v) is 14.7. The normalized spacial score (nSPS) is 24.0. The average Bonchev–Trinajstić information content (AvgIpc) is 3.27. The second kappa shape index (κ2) is 10.4. The highest BCUT2D eigenvalue weighted by molar-refractivity contribution is 6.31. The molecule has 2 fully saturated rings. The third kappa shape index (κ3) is 4.19. The maximum atomic E-state index is 14.7. The molecule has 0 unspecified atom stereocenters. The van der Waals surface area contributed by atoms with Gasteiger partial charge in [-0.2, -0.15) is 0 Å². The SMILES string of the molecule is O=C(N1CCOCC1)N1CC[C@@H](c2cccc(Cl)c2)[C@]2(C(=O)Nc3cc(Cl)ccc32)[C@H]1c1cccc2ccccc12. The zero-order valence-electron chi connectivity index (χ0n) is 22.4. The Kier molecular flexibility index (Phi) is 6.65. The Morgan fingerprint density at radius 1 is 0.878 bits per heavy atom. The first-order valence-electron chi connectivity index (χ1n) is 14.0. The molecule has 7 rings (SSSR count). The molecule has 3 aliphatic heterocycles. The van der Waals surface area contributed by atoms with Gasteiger partial charge in [-0.15, -0.1) is 0 Å². The molecule has 0 saturated carbocycles. The number of nitrogens with one attached hydrogen (secondary N) is 1. The highest BCUT2D eigenvalue weighted by Crippen LogP contribution is 2.60. The number of urea groups is 1. The topological polar surface area (TPSA) is 61.9 Å². The Morgan fingerprint density at radius 3 is 2.46 bits per heavy atom. The van der Waals surface area contributed by atoms with E-state index in [1.54, 1.807) is 0 Å². The molecular formula is C33H29Cl2N3O3.